The Bertz CT molecular complexity index is 760. The summed E-state index contributed by atoms with van der Waals surface area (Å²) < 4.78 is 4.92. The summed E-state index contributed by atoms with van der Waals surface area (Å²) >= 11 is 0. The van der Waals surface area contributed by atoms with E-state index in [9.17, 15) is 19.2 Å². The van der Waals surface area contributed by atoms with E-state index in [4.69, 9.17) is 4.74 Å². The Morgan fingerprint density at radius 1 is 1.12 bits per heavy atom. The fourth-order valence-electron chi connectivity index (χ4n) is 3.25. The number of benzene rings is 1. The van der Waals surface area contributed by atoms with E-state index in [1.807, 2.05) is 31.2 Å². The van der Waals surface area contributed by atoms with Crippen LogP contribution < -0.4 is 5.32 Å². The molecule has 3 rings (SSSR count). The summed E-state index contributed by atoms with van der Waals surface area (Å²) in [6, 6.07) is 7.22. The van der Waals surface area contributed by atoms with Gasteiger partial charge in [0.05, 0.1) is 11.8 Å². The van der Waals surface area contributed by atoms with Crippen molar-refractivity contribution in [2.45, 2.75) is 19.8 Å². The van der Waals surface area contributed by atoms with Crippen molar-refractivity contribution in [3.05, 3.63) is 42.0 Å². The first-order valence-electron chi connectivity index (χ1n) is 8.48. The largest absolute Gasteiger partial charge is 0.454 e. The zero-order valence-electron chi connectivity index (χ0n) is 14.4. The number of amides is 3. The van der Waals surface area contributed by atoms with E-state index in [0.29, 0.717) is 18.5 Å². The Labute approximate surface area is 151 Å². The van der Waals surface area contributed by atoms with Crippen molar-refractivity contribution < 1.29 is 23.9 Å². The number of likely N-dealkylation sites (tertiary alicyclic amines) is 1. The average Bonchev–Trinajstić information content (AvgIpc) is 2.87. The van der Waals surface area contributed by atoms with Crippen LogP contribution in [0.2, 0.25) is 0 Å². The first-order valence-corrected chi connectivity index (χ1v) is 8.48. The third-order valence-electron chi connectivity index (χ3n) is 4.67. The number of hydrogen-bond acceptors (Lipinski definition) is 5. The van der Waals surface area contributed by atoms with Crippen LogP contribution in [-0.4, -0.2) is 41.7 Å². The number of nitrogens with zero attached hydrogens (tertiary/aromatic N) is 1. The van der Waals surface area contributed by atoms with Gasteiger partial charge in [0.25, 0.3) is 5.91 Å². The molecule has 1 aromatic carbocycles. The number of rotatable bonds is 5. The first kappa shape index (κ1) is 17.8. The standard InChI is InChI=1S/C19H20N2O5/c1-12-6-2-5-9-15(12)20-16(22)11-26-17(23)10-21-18(24)13-7-3-4-8-14(13)19(21)25/h2-6,9,13-14H,7-8,10-11H2,1H3,(H,20,22)/t13-,14+. The normalized spacial score (nSPS) is 21.5. The van der Waals surface area contributed by atoms with E-state index in [1.165, 1.54) is 0 Å². The average molecular weight is 356 g/mol. The molecule has 0 aromatic heterocycles. The van der Waals surface area contributed by atoms with Crippen molar-refractivity contribution in [1.82, 2.24) is 4.90 Å². The summed E-state index contributed by atoms with van der Waals surface area (Å²) in [5.41, 5.74) is 1.52. The third kappa shape index (κ3) is 3.66. The van der Waals surface area contributed by atoms with Gasteiger partial charge in [-0.1, -0.05) is 30.4 Å². The van der Waals surface area contributed by atoms with Crippen LogP contribution in [0.1, 0.15) is 18.4 Å². The van der Waals surface area contributed by atoms with E-state index >= 15 is 0 Å². The lowest BCUT2D eigenvalue weighted by Crippen LogP contribution is -2.37. The van der Waals surface area contributed by atoms with Crippen LogP contribution in [0.3, 0.4) is 0 Å². The molecule has 0 radical (unpaired) electrons. The Kier molecular flexibility index (Phi) is 5.16. The van der Waals surface area contributed by atoms with Gasteiger partial charge in [-0.15, -0.1) is 0 Å². The zero-order valence-corrected chi connectivity index (χ0v) is 14.4. The number of anilines is 1. The number of carbonyl (C=O) groups is 4. The van der Waals surface area contributed by atoms with Gasteiger partial charge in [-0.2, -0.15) is 0 Å². The fraction of sp³-hybridized carbons (Fsp3) is 0.368. The maximum atomic E-state index is 12.3. The number of nitrogens with one attached hydrogen (secondary N) is 1. The van der Waals surface area contributed by atoms with Crippen molar-refractivity contribution in [1.29, 1.82) is 0 Å². The molecule has 1 aliphatic heterocycles. The van der Waals surface area contributed by atoms with Crippen LogP contribution in [0, 0.1) is 18.8 Å². The number of allylic oxidation sites excluding steroid dienone is 2. The van der Waals surface area contributed by atoms with E-state index in [-0.39, 0.29) is 23.7 Å². The smallest absolute Gasteiger partial charge is 0.326 e. The van der Waals surface area contributed by atoms with Crippen molar-refractivity contribution in [3.8, 4) is 0 Å². The Balaban J connectivity index is 1.50. The highest BCUT2D eigenvalue weighted by Crippen LogP contribution is 2.34. The van der Waals surface area contributed by atoms with Gasteiger partial charge in [0.1, 0.15) is 6.54 Å². The second-order valence-corrected chi connectivity index (χ2v) is 6.44. The highest BCUT2D eigenvalue weighted by atomic mass is 16.5. The molecule has 1 aliphatic carbocycles. The minimum Gasteiger partial charge on any atom is -0.454 e. The molecule has 0 bridgehead atoms. The van der Waals surface area contributed by atoms with Gasteiger partial charge in [0, 0.05) is 5.69 Å². The molecule has 3 amide bonds. The number of imide groups is 1. The molecule has 1 saturated heterocycles. The molecule has 2 aliphatic rings. The van der Waals surface area contributed by atoms with Gasteiger partial charge in [-0.05, 0) is 31.4 Å². The number of ether oxygens (including phenoxy) is 1. The predicted molar refractivity (Wildman–Crippen MR) is 92.8 cm³/mol. The summed E-state index contributed by atoms with van der Waals surface area (Å²) in [5.74, 6) is -2.71. The van der Waals surface area contributed by atoms with E-state index in [0.717, 1.165) is 10.5 Å². The van der Waals surface area contributed by atoms with Crippen LogP contribution in [0.5, 0.6) is 0 Å². The van der Waals surface area contributed by atoms with Crippen molar-refractivity contribution in [3.63, 3.8) is 0 Å². The lowest BCUT2D eigenvalue weighted by Gasteiger charge is -2.14. The Morgan fingerprint density at radius 3 is 2.35 bits per heavy atom. The van der Waals surface area contributed by atoms with E-state index in [2.05, 4.69) is 5.32 Å². The molecule has 136 valence electrons. The van der Waals surface area contributed by atoms with Crippen LogP contribution in [0.25, 0.3) is 0 Å². The molecular weight excluding hydrogens is 336 g/mol. The second-order valence-electron chi connectivity index (χ2n) is 6.44. The molecule has 1 aromatic rings. The van der Waals surface area contributed by atoms with Crippen LogP contribution in [0.15, 0.2) is 36.4 Å². The maximum absolute atomic E-state index is 12.3. The highest BCUT2D eigenvalue weighted by Gasteiger charge is 2.47. The summed E-state index contributed by atoms with van der Waals surface area (Å²) in [7, 11) is 0. The first-order chi connectivity index (χ1) is 12.5. The van der Waals surface area contributed by atoms with Gasteiger partial charge >= 0.3 is 5.97 Å². The number of fused-ring (bicyclic) bond motifs is 1. The SMILES string of the molecule is Cc1ccccc1NC(=O)COC(=O)CN1C(=O)[C@H]2CC=CC[C@H]2C1=O. The highest BCUT2D eigenvalue weighted by molar-refractivity contribution is 6.07. The van der Waals surface area contributed by atoms with E-state index < -0.39 is 25.0 Å². The maximum Gasteiger partial charge on any atom is 0.326 e. The number of para-hydroxylation sites is 1. The summed E-state index contributed by atoms with van der Waals surface area (Å²) in [4.78, 5) is 49.4. The summed E-state index contributed by atoms with van der Waals surface area (Å²) in [5, 5.41) is 2.65. The molecular formula is C19H20N2O5. The Hall–Kier alpha value is -2.96. The van der Waals surface area contributed by atoms with Crippen LogP contribution in [0.4, 0.5) is 5.69 Å². The van der Waals surface area contributed by atoms with E-state index in [1.54, 1.807) is 12.1 Å². The van der Waals surface area contributed by atoms with Crippen LogP contribution in [-0.2, 0) is 23.9 Å². The van der Waals surface area contributed by atoms with Crippen molar-refractivity contribution in [2.75, 3.05) is 18.5 Å². The quantitative estimate of drug-likeness (QED) is 0.489. The number of aryl methyl sites for hydroxylation is 1. The summed E-state index contributed by atoms with van der Waals surface area (Å²) in [6.45, 7) is 0.917. The molecule has 1 heterocycles. The molecule has 0 saturated carbocycles. The lowest BCUT2D eigenvalue weighted by atomic mass is 9.85. The second kappa shape index (κ2) is 7.51. The van der Waals surface area contributed by atoms with Crippen molar-refractivity contribution >= 4 is 29.4 Å². The van der Waals surface area contributed by atoms with Gasteiger partial charge in [-0.25, -0.2) is 0 Å². The molecule has 1 fully saturated rings. The van der Waals surface area contributed by atoms with Gasteiger partial charge in [0.2, 0.25) is 11.8 Å². The number of esters is 1. The molecule has 7 nitrogen and oxygen atoms in total. The molecule has 7 heteroatoms. The summed E-state index contributed by atoms with van der Waals surface area (Å²) in [6.07, 6.45) is 4.79. The number of hydrogen-bond donors (Lipinski definition) is 1. The van der Waals surface area contributed by atoms with Crippen molar-refractivity contribution in [2.24, 2.45) is 11.8 Å². The molecule has 2 atom stereocenters. The predicted octanol–water partition coefficient (Wildman–Crippen LogP) is 1.43. The fourth-order valence-corrected chi connectivity index (χ4v) is 3.25. The van der Waals surface area contributed by atoms with Crippen LogP contribution >= 0.6 is 0 Å². The molecule has 0 spiro atoms. The van der Waals surface area contributed by atoms with Gasteiger partial charge in [0.15, 0.2) is 6.61 Å². The number of carbonyl (C=O) groups excluding carboxylic acids is 4. The minimum atomic E-state index is -0.779. The monoisotopic (exact) mass is 356 g/mol. The molecule has 0 unspecified atom stereocenters. The Morgan fingerprint density at radius 2 is 1.73 bits per heavy atom. The lowest BCUT2D eigenvalue weighted by molar-refractivity contribution is -0.154. The molecule has 1 N–H and O–H groups in total. The van der Waals surface area contributed by atoms with Gasteiger partial charge < -0.3 is 10.1 Å². The molecule has 26 heavy (non-hydrogen) atoms. The van der Waals surface area contributed by atoms with Gasteiger partial charge in [-0.3, -0.25) is 24.1 Å². The topological polar surface area (TPSA) is 92.8 Å². The zero-order chi connectivity index (χ0) is 18.7. The minimum absolute atomic E-state index is 0.342. The third-order valence-corrected chi connectivity index (χ3v) is 4.67.